The number of pyridine rings is 2. The number of nitrogens with one attached hydrogen (secondary N) is 2. The molecule has 0 fully saturated rings. The maximum Gasteiger partial charge on any atom is 0.252 e. The number of amides is 2. The molecular weight excluding hydrogens is 641 g/mol. The van der Waals surface area contributed by atoms with Gasteiger partial charge in [-0.05, 0) is 60.4 Å². The molecule has 4 aromatic carbocycles. The van der Waals surface area contributed by atoms with Crippen LogP contribution >= 0.6 is 0 Å². The maximum absolute atomic E-state index is 13.8. The fourth-order valence-corrected chi connectivity index (χ4v) is 6.75. The van der Waals surface area contributed by atoms with Crippen molar-refractivity contribution in [2.45, 2.75) is 78.1 Å². The van der Waals surface area contributed by atoms with E-state index >= 15 is 0 Å². The average Bonchev–Trinajstić information content (AvgIpc) is 3.19. The number of nitrogens with zero attached hydrogens (tertiary/aromatic N) is 2. The number of benzene rings is 4. The monoisotopic (exact) mass is 690 g/mol. The van der Waals surface area contributed by atoms with Crippen LogP contribution < -0.4 is 10.6 Å². The van der Waals surface area contributed by atoms with Crippen LogP contribution in [0.2, 0.25) is 0 Å². The number of rotatable bonds is 17. The van der Waals surface area contributed by atoms with Gasteiger partial charge in [-0.2, -0.15) is 0 Å². The Morgan fingerprint density at radius 1 is 0.462 bits per heavy atom. The van der Waals surface area contributed by atoms with Crippen molar-refractivity contribution in [2.24, 2.45) is 0 Å². The molecule has 6 nitrogen and oxygen atoms in total. The van der Waals surface area contributed by atoms with Crippen LogP contribution in [0.15, 0.2) is 109 Å². The van der Waals surface area contributed by atoms with E-state index in [1.165, 1.54) is 38.5 Å². The van der Waals surface area contributed by atoms with Crippen LogP contribution in [0.5, 0.6) is 0 Å². The largest absolute Gasteiger partial charge is 0.352 e. The smallest absolute Gasteiger partial charge is 0.252 e. The first kappa shape index (κ1) is 36.4. The van der Waals surface area contributed by atoms with Gasteiger partial charge in [0, 0.05) is 35.0 Å². The van der Waals surface area contributed by atoms with Crippen LogP contribution in [0.3, 0.4) is 0 Å². The Balaban J connectivity index is 1.36. The predicted octanol–water partition coefficient (Wildman–Crippen LogP) is 11.2. The summed E-state index contributed by atoms with van der Waals surface area (Å²) in [5.74, 6) is -0.191. The molecule has 6 rings (SSSR count). The Bertz CT molecular complexity index is 1960. The molecule has 0 spiro atoms. The van der Waals surface area contributed by atoms with Gasteiger partial charge in [0.1, 0.15) is 0 Å². The topological polar surface area (TPSA) is 84.0 Å². The number of carbonyl (C=O) groups excluding carboxylic acids is 2. The molecule has 0 atom stereocenters. The van der Waals surface area contributed by atoms with Gasteiger partial charge in [-0.3, -0.25) is 9.59 Å². The third-order valence-electron chi connectivity index (χ3n) is 9.71. The van der Waals surface area contributed by atoms with Gasteiger partial charge < -0.3 is 10.6 Å². The van der Waals surface area contributed by atoms with E-state index in [4.69, 9.17) is 9.97 Å². The van der Waals surface area contributed by atoms with Crippen molar-refractivity contribution in [3.8, 4) is 33.6 Å². The normalized spacial score (nSPS) is 11.2. The first-order chi connectivity index (χ1) is 25.6. The fourth-order valence-electron chi connectivity index (χ4n) is 6.75. The van der Waals surface area contributed by atoms with Crippen molar-refractivity contribution in [1.29, 1.82) is 0 Å². The van der Waals surface area contributed by atoms with E-state index in [0.717, 1.165) is 81.1 Å². The van der Waals surface area contributed by atoms with E-state index < -0.39 is 0 Å². The Morgan fingerprint density at radius 3 is 1.27 bits per heavy atom. The number of hydrogen-bond acceptors (Lipinski definition) is 4. The number of aromatic nitrogens is 2. The third-order valence-corrected chi connectivity index (χ3v) is 9.71. The molecule has 0 aliphatic carbocycles. The van der Waals surface area contributed by atoms with E-state index in [0.29, 0.717) is 24.2 Å². The van der Waals surface area contributed by atoms with Crippen LogP contribution in [0, 0.1) is 0 Å². The summed E-state index contributed by atoms with van der Waals surface area (Å²) in [5.41, 5.74) is 8.05. The molecule has 0 saturated heterocycles. The zero-order valence-electron chi connectivity index (χ0n) is 30.6. The lowest BCUT2D eigenvalue weighted by atomic mass is 9.96. The lowest BCUT2D eigenvalue weighted by Crippen LogP contribution is -2.25. The maximum atomic E-state index is 13.8. The van der Waals surface area contributed by atoms with Gasteiger partial charge in [0.15, 0.2) is 0 Å². The van der Waals surface area contributed by atoms with Crippen LogP contribution in [0.4, 0.5) is 0 Å². The molecule has 0 bridgehead atoms. The van der Waals surface area contributed by atoms with E-state index in [1.54, 1.807) is 0 Å². The van der Waals surface area contributed by atoms with Crippen molar-refractivity contribution in [3.05, 3.63) is 120 Å². The summed E-state index contributed by atoms with van der Waals surface area (Å²) in [6.07, 6.45) is 11.3. The predicted molar refractivity (Wildman–Crippen MR) is 216 cm³/mol. The minimum atomic E-state index is -0.0953. The molecule has 0 aliphatic rings. The zero-order valence-corrected chi connectivity index (χ0v) is 30.6. The first-order valence-corrected chi connectivity index (χ1v) is 19.1. The Kier molecular flexibility index (Phi) is 12.8. The molecule has 0 unspecified atom stereocenters. The molecule has 0 aliphatic heterocycles. The highest BCUT2D eigenvalue weighted by molar-refractivity contribution is 6.10. The number of hydrogen-bond donors (Lipinski definition) is 2. The van der Waals surface area contributed by atoms with Crippen molar-refractivity contribution < 1.29 is 9.59 Å². The standard InChI is InChI=1S/C46H50N4O2/c1-3-5-7-9-17-27-47-45(51)39-31-43(33-19-13-11-14-20-33)49-41-25-23-35(29-37(39)41)36-24-26-42-38(30-36)40(46(52)48-28-18-10-8-6-4-2)32-44(50-42)34-21-15-12-16-22-34/h11-16,19-26,29-32H,3-10,17-18,27-28H2,1-2H3,(H,47,51)(H,48,52). The van der Waals surface area contributed by atoms with E-state index in [2.05, 4.69) is 36.6 Å². The van der Waals surface area contributed by atoms with E-state index in [1.807, 2.05) is 97.1 Å². The van der Waals surface area contributed by atoms with Crippen LogP contribution in [0.1, 0.15) is 98.8 Å². The van der Waals surface area contributed by atoms with E-state index in [-0.39, 0.29) is 11.8 Å². The lowest BCUT2D eigenvalue weighted by Gasteiger charge is -2.14. The molecule has 2 N–H and O–H groups in total. The molecule has 2 heterocycles. The van der Waals surface area contributed by atoms with Gasteiger partial charge in [-0.15, -0.1) is 0 Å². The summed E-state index contributed by atoms with van der Waals surface area (Å²) in [6.45, 7) is 5.69. The third kappa shape index (κ3) is 9.10. The minimum Gasteiger partial charge on any atom is -0.352 e. The van der Waals surface area contributed by atoms with Crippen molar-refractivity contribution in [2.75, 3.05) is 13.1 Å². The molecule has 6 aromatic rings. The molecular formula is C46H50N4O2. The van der Waals surface area contributed by atoms with Gasteiger partial charge >= 0.3 is 0 Å². The summed E-state index contributed by atoms with van der Waals surface area (Å²) < 4.78 is 0. The van der Waals surface area contributed by atoms with Gasteiger partial charge in [0.2, 0.25) is 0 Å². The molecule has 2 aromatic heterocycles. The highest BCUT2D eigenvalue weighted by Gasteiger charge is 2.18. The molecule has 0 saturated carbocycles. The van der Waals surface area contributed by atoms with Gasteiger partial charge in [-0.1, -0.05) is 138 Å². The second-order valence-corrected chi connectivity index (χ2v) is 13.6. The van der Waals surface area contributed by atoms with Gasteiger partial charge in [-0.25, -0.2) is 9.97 Å². The second kappa shape index (κ2) is 18.2. The summed E-state index contributed by atoms with van der Waals surface area (Å²) in [7, 11) is 0. The molecule has 6 heteroatoms. The van der Waals surface area contributed by atoms with E-state index in [9.17, 15) is 9.59 Å². The Morgan fingerprint density at radius 2 is 0.865 bits per heavy atom. The Hall–Kier alpha value is -5.36. The second-order valence-electron chi connectivity index (χ2n) is 13.6. The summed E-state index contributed by atoms with van der Waals surface area (Å²) >= 11 is 0. The highest BCUT2D eigenvalue weighted by Crippen LogP contribution is 2.33. The van der Waals surface area contributed by atoms with Crippen molar-refractivity contribution in [3.63, 3.8) is 0 Å². The van der Waals surface area contributed by atoms with Crippen LogP contribution in [-0.4, -0.2) is 34.9 Å². The van der Waals surface area contributed by atoms with Gasteiger partial charge in [0.05, 0.1) is 33.5 Å². The minimum absolute atomic E-state index is 0.0953. The van der Waals surface area contributed by atoms with Gasteiger partial charge in [0.25, 0.3) is 11.8 Å². The number of carbonyl (C=O) groups is 2. The van der Waals surface area contributed by atoms with Crippen LogP contribution in [-0.2, 0) is 0 Å². The molecule has 266 valence electrons. The van der Waals surface area contributed by atoms with Crippen LogP contribution in [0.25, 0.3) is 55.4 Å². The number of fused-ring (bicyclic) bond motifs is 2. The number of unbranched alkanes of at least 4 members (excludes halogenated alkanes) is 8. The summed E-state index contributed by atoms with van der Waals surface area (Å²) in [4.78, 5) is 37.6. The molecule has 0 radical (unpaired) electrons. The lowest BCUT2D eigenvalue weighted by molar-refractivity contribution is 0.0946. The zero-order chi connectivity index (χ0) is 36.1. The molecule has 52 heavy (non-hydrogen) atoms. The fraction of sp³-hybridized carbons (Fsp3) is 0.304. The van der Waals surface area contributed by atoms with Crippen molar-refractivity contribution in [1.82, 2.24) is 20.6 Å². The van der Waals surface area contributed by atoms with Crippen molar-refractivity contribution >= 4 is 33.6 Å². The average molecular weight is 691 g/mol. The summed E-state index contributed by atoms with van der Waals surface area (Å²) in [6, 6.07) is 36.0. The highest BCUT2D eigenvalue weighted by atomic mass is 16.2. The summed E-state index contributed by atoms with van der Waals surface area (Å²) in [5, 5.41) is 7.94. The molecule has 2 amide bonds. The first-order valence-electron chi connectivity index (χ1n) is 19.1. The quantitative estimate of drug-likeness (QED) is 0.0933. The Labute approximate surface area is 308 Å². The SMILES string of the molecule is CCCCCCCNC(=O)c1cc(-c2ccccc2)nc2ccc(-c3ccc4nc(-c5ccccc5)cc(C(=O)NCCCCCCC)c4c3)cc12.